The molecule has 1 saturated heterocycles. The van der Waals surface area contributed by atoms with Gasteiger partial charge in [-0.05, 0) is 55.4 Å². The third-order valence-corrected chi connectivity index (χ3v) is 4.97. The summed E-state index contributed by atoms with van der Waals surface area (Å²) in [6.45, 7) is 0.617. The molecule has 1 heterocycles. The van der Waals surface area contributed by atoms with Crippen LogP contribution < -0.4 is 5.73 Å². The summed E-state index contributed by atoms with van der Waals surface area (Å²) in [5.41, 5.74) is 6.42. The molecule has 0 radical (unpaired) electrons. The molecule has 1 aliphatic heterocycles. The van der Waals surface area contributed by atoms with Gasteiger partial charge in [0.2, 0.25) is 11.8 Å². The molecule has 118 valence electrons. The summed E-state index contributed by atoms with van der Waals surface area (Å²) in [7, 11) is 0. The van der Waals surface area contributed by atoms with Gasteiger partial charge in [-0.3, -0.25) is 9.59 Å². The van der Waals surface area contributed by atoms with Crippen LogP contribution in [0.15, 0.2) is 18.2 Å². The average molecular weight is 341 g/mol. The van der Waals surface area contributed by atoms with Gasteiger partial charge in [0.1, 0.15) is 6.04 Å². The smallest absolute Gasteiger partial charge is 0.240 e. The first kappa shape index (κ1) is 15.6. The molecule has 1 aromatic rings. The van der Waals surface area contributed by atoms with Crippen LogP contribution in [0.4, 0.5) is 0 Å². The summed E-state index contributed by atoms with van der Waals surface area (Å²) < 4.78 is 0. The minimum absolute atomic E-state index is 0.0320. The maximum atomic E-state index is 12.7. The molecular weight excluding hydrogens is 323 g/mol. The number of halogens is 2. The Morgan fingerprint density at radius 3 is 2.45 bits per heavy atom. The molecule has 2 N–H and O–H groups in total. The number of carbonyl (C=O) groups is 2. The van der Waals surface area contributed by atoms with E-state index in [1.165, 1.54) is 0 Å². The van der Waals surface area contributed by atoms with E-state index in [-0.39, 0.29) is 17.7 Å². The van der Waals surface area contributed by atoms with Crippen LogP contribution in [0.5, 0.6) is 0 Å². The van der Waals surface area contributed by atoms with E-state index in [2.05, 4.69) is 0 Å². The van der Waals surface area contributed by atoms with Crippen molar-refractivity contribution in [2.24, 2.45) is 11.7 Å². The standard InChI is InChI=1S/C16H18Cl2N2O2/c17-10-5-9(6-11(18)7-10)12-8-13(12)16(22)20-4-2-1-3-14(20)15(19)21/h5-7,12-14H,1-4,8H2,(H2,19,21)/t12-,13+,14+/m1/s1. The molecule has 1 aliphatic carbocycles. The third kappa shape index (κ3) is 3.08. The lowest BCUT2D eigenvalue weighted by Gasteiger charge is -2.34. The fourth-order valence-corrected chi connectivity index (χ4v) is 3.87. The van der Waals surface area contributed by atoms with Gasteiger partial charge in [-0.15, -0.1) is 0 Å². The summed E-state index contributed by atoms with van der Waals surface area (Å²) >= 11 is 12.0. The van der Waals surface area contributed by atoms with Gasteiger partial charge in [-0.1, -0.05) is 23.2 Å². The van der Waals surface area contributed by atoms with Crippen molar-refractivity contribution in [1.82, 2.24) is 4.90 Å². The minimum atomic E-state index is -0.453. The summed E-state index contributed by atoms with van der Waals surface area (Å²) in [5.74, 6) is -0.325. The molecule has 2 amide bonds. The third-order valence-electron chi connectivity index (χ3n) is 4.53. The van der Waals surface area contributed by atoms with Crippen LogP contribution in [0.2, 0.25) is 10.0 Å². The molecule has 3 atom stereocenters. The number of amides is 2. The van der Waals surface area contributed by atoms with Crippen molar-refractivity contribution in [2.75, 3.05) is 6.54 Å². The molecular formula is C16H18Cl2N2O2. The number of nitrogens with zero attached hydrogens (tertiary/aromatic N) is 1. The van der Waals surface area contributed by atoms with Gasteiger partial charge in [0.15, 0.2) is 0 Å². The second-order valence-electron chi connectivity index (χ2n) is 6.10. The lowest BCUT2D eigenvalue weighted by Crippen LogP contribution is -2.51. The highest BCUT2D eigenvalue weighted by Crippen LogP contribution is 2.50. The Morgan fingerprint density at radius 2 is 1.82 bits per heavy atom. The van der Waals surface area contributed by atoms with E-state index in [1.807, 2.05) is 12.1 Å². The molecule has 1 aromatic carbocycles. The van der Waals surface area contributed by atoms with Crippen molar-refractivity contribution < 1.29 is 9.59 Å². The number of benzene rings is 1. The zero-order valence-corrected chi connectivity index (χ0v) is 13.6. The molecule has 0 aromatic heterocycles. The number of rotatable bonds is 3. The van der Waals surface area contributed by atoms with E-state index < -0.39 is 11.9 Å². The zero-order chi connectivity index (χ0) is 15.9. The molecule has 1 saturated carbocycles. The molecule has 6 heteroatoms. The van der Waals surface area contributed by atoms with Gasteiger partial charge < -0.3 is 10.6 Å². The number of primary amides is 1. The van der Waals surface area contributed by atoms with Crippen LogP contribution in [0, 0.1) is 5.92 Å². The van der Waals surface area contributed by atoms with Gasteiger partial charge in [-0.25, -0.2) is 0 Å². The molecule has 4 nitrogen and oxygen atoms in total. The topological polar surface area (TPSA) is 63.4 Å². The van der Waals surface area contributed by atoms with Crippen LogP contribution in [-0.2, 0) is 9.59 Å². The Hall–Kier alpha value is -1.26. The zero-order valence-electron chi connectivity index (χ0n) is 12.1. The van der Waals surface area contributed by atoms with E-state index in [4.69, 9.17) is 28.9 Å². The first-order valence-electron chi connectivity index (χ1n) is 7.53. The average Bonchev–Trinajstić information content (AvgIpc) is 3.26. The monoisotopic (exact) mass is 340 g/mol. The van der Waals surface area contributed by atoms with Crippen molar-refractivity contribution in [2.45, 2.75) is 37.6 Å². The van der Waals surface area contributed by atoms with Crippen LogP contribution in [0.3, 0.4) is 0 Å². The fraction of sp³-hybridized carbons (Fsp3) is 0.500. The van der Waals surface area contributed by atoms with Crippen molar-refractivity contribution in [3.05, 3.63) is 33.8 Å². The Kier molecular flexibility index (Phi) is 4.33. The lowest BCUT2D eigenvalue weighted by atomic mass is 10.0. The van der Waals surface area contributed by atoms with Crippen LogP contribution in [0.1, 0.15) is 37.2 Å². The first-order valence-corrected chi connectivity index (χ1v) is 8.29. The number of hydrogen-bond donors (Lipinski definition) is 1. The molecule has 22 heavy (non-hydrogen) atoms. The number of likely N-dealkylation sites (tertiary alicyclic amines) is 1. The normalized spacial score (nSPS) is 27.5. The largest absolute Gasteiger partial charge is 0.368 e. The van der Waals surface area contributed by atoms with E-state index in [9.17, 15) is 9.59 Å². The van der Waals surface area contributed by atoms with Crippen LogP contribution in [-0.4, -0.2) is 29.3 Å². The van der Waals surface area contributed by atoms with Crippen LogP contribution >= 0.6 is 23.2 Å². The summed E-state index contributed by atoms with van der Waals surface area (Å²) in [6.07, 6.45) is 3.31. The van der Waals surface area contributed by atoms with Gasteiger partial charge in [0.25, 0.3) is 0 Å². The highest BCUT2D eigenvalue weighted by Gasteiger charge is 2.48. The van der Waals surface area contributed by atoms with Crippen LogP contribution in [0.25, 0.3) is 0 Å². The molecule has 2 fully saturated rings. The van der Waals surface area contributed by atoms with E-state index in [0.29, 0.717) is 23.0 Å². The van der Waals surface area contributed by atoms with Crippen molar-refractivity contribution in [3.8, 4) is 0 Å². The lowest BCUT2D eigenvalue weighted by molar-refractivity contribution is -0.142. The summed E-state index contributed by atoms with van der Waals surface area (Å²) in [4.78, 5) is 25.9. The minimum Gasteiger partial charge on any atom is -0.368 e. The van der Waals surface area contributed by atoms with Gasteiger partial charge in [-0.2, -0.15) is 0 Å². The van der Waals surface area contributed by atoms with E-state index in [1.54, 1.807) is 11.0 Å². The quantitative estimate of drug-likeness (QED) is 0.919. The molecule has 2 aliphatic rings. The second kappa shape index (κ2) is 6.09. The second-order valence-corrected chi connectivity index (χ2v) is 6.97. The molecule has 0 bridgehead atoms. The van der Waals surface area contributed by atoms with E-state index in [0.717, 1.165) is 24.8 Å². The molecule has 0 unspecified atom stereocenters. The van der Waals surface area contributed by atoms with E-state index >= 15 is 0 Å². The maximum absolute atomic E-state index is 12.7. The predicted molar refractivity (Wildman–Crippen MR) is 85.9 cm³/mol. The van der Waals surface area contributed by atoms with Gasteiger partial charge in [0, 0.05) is 22.5 Å². The number of carbonyl (C=O) groups excluding carboxylic acids is 2. The Bertz CT molecular complexity index is 600. The summed E-state index contributed by atoms with van der Waals surface area (Å²) in [6, 6.07) is 4.94. The predicted octanol–water partition coefficient (Wildman–Crippen LogP) is 2.96. The highest BCUT2D eigenvalue weighted by atomic mass is 35.5. The Labute approximate surface area is 139 Å². The van der Waals surface area contributed by atoms with Crippen molar-refractivity contribution >= 4 is 35.0 Å². The maximum Gasteiger partial charge on any atom is 0.240 e. The van der Waals surface area contributed by atoms with Gasteiger partial charge >= 0.3 is 0 Å². The SMILES string of the molecule is NC(=O)[C@@H]1CCCCN1C(=O)[C@H]1C[C@@H]1c1cc(Cl)cc(Cl)c1. The number of piperidine rings is 1. The van der Waals surface area contributed by atoms with Gasteiger partial charge in [0.05, 0.1) is 0 Å². The Morgan fingerprint density at radius 1 is 1.14 bits per heavy atom. The molecule has 3 rings (SSSR count). The number of hydrogen-bond acceptors (Lipinski definition) is 2. The van der Waals surface area contributed by atoms with Crippen molar-refractivity contribution in [1.29, 1.82) is 0 Å². The number of nitrogens with two attached hydrogens (primary N) is 1. The first-order chi connectivity index (χ1) is 10.5. The Balaban J connectivity index is 1.73. The molecule has 0 spiro atoms. The highest BCUT2D eigenvalue weighted by molar-refractivity contribution is 6.34. The fourth-order valence-electron chi connectivity index (χ4n) is 3.33. The summed E-state index contributed by atoms with van der Waals surface area (Å²) in [5, 5.41) is 1.15. The van der Waals surface area contributed by atoms with Crippen molar-refractivity contribution in [3.63, 3.8) is 0 Å².